The summed E-state index contributed by atoms with van der Waals surface area (Å²) in [7, 11) is 0. The summed E-state index contributed by atoms with van der Waals surface area (Å²) in [5.74, 6) is 0.995. The number of likely N-dealkylation sites (N-methyl/N-ethyl adjacent to an activating group) is 1. The number of hydrogen-bond acceptors (Lipinski definition) is 4. The van der Waals surface area contributed by atoms with Gasteiger partial charge in [-0.25, -0.2) is 5.10 Å². The average Bonchev–Trinajstić information content (AvgIpc) is 2.97. The molecule has 0 spiro atoms. The van der Waals surface area contributed by atoms with Crippen LogP contribution in [0.25, 0.3) is 0 Å². The van der Waals surface area contributed by atoms with Gasteiger partial charge in [-0.3, -0.25) is 9.47 Å². The molecule has 19 heavy (non-hydrogen) atoms. The Morgan fingerprint density at radius 3 is 2.68 bits per heavy atom. The molecule has 1 aromatic rings. The second kappa shape index (κ2) is 6.05. The number of nitrogens with zero attached hydrogens (tertiary/aromatic N) is 4. The zero-order valence-corrected chi connectivity index (χ0v) is 13.2. The number of aromatic amines is 1. The van der Waals surface area contributed by atoms with Crippen molar-refractivity contribution >= 4 is 18.2 Å². The summed E-state index contributed by atoms with van der Waals surface area (Å²) in [6.07, 6.45) is 1.21. The normalized spacial score (nSPS) is 19.9. The highest BCUT2D eigenvalue weighted by atomic mass is 32.1. The lowest BCUT2D eigenvalue weighted by molar-refractivity contribution is 0.232. The van der Waals surface area contributed by atoms with Crippen LogP contribution >= 0.6 is 12.2 Å². The predicted octanol–water partition coefficient (Wildman–Crippen LogP) is 2.44. The van der Waals surface area contributed by atoms with Crippen molar-refractivity contribution in [1.82, 2.24) is 19.7 Å². The Morgan fingerprint density at radius 2 is 2.11 bits per heavy atom. The highest BCUT2D eigenvalue weighted by Crippen LogP contribution is 2.23. The van der Waals surface area contributed by atoms with Gasteiger partial charge in [0, 0.05) is 25.2 Å². The first-order valence-electron chi connectivity index (χ1n) is 7.24. The van der Waals surface area contributed by atoms with Crippen LogP contribution in [0.2, 0.25) is 0 Å². The number of hydrogen-bond donors (Lipinski definition) is 1. The van der Waals surface area contributed by atoms with Crippen molar-refractivity contribution in [1.29, 1.82) is 0 Å². The molecule has 0 aliphatic carbocycles. The lowest BCUT2D eigenvalue weighted by Crippen LogP contribution is -2.37. The fraction of sp³-hybridized carbons (Fsp3) is 0.846. The summed E-state index contributed by atoms with van der Waals surface area (Å²) < 4.78 is 2.83. The third-order valence-electron chi connectivity index (χ3n) is 3.98. The van der Waals surface area contributed by atoms with Gasteiger partial charge in [0.05, 0.1) is 0 Å². The minimum Gasteiger partial charge on any atom is -0.339 e. The first-order valence-corrected chi connectivity index (χ1v) is 7.65. The van der Waals surface area contributed by atoms with E-state index in [0.29, 0.717) is 12.1 Å². The minimum atomic E-state index is 0.341. The Kier molecular flexibility index (Phi) is 4.62. The second-order valence-electron chi connectivity index (χ2n) is 5.40. The molecule has 0 aromatic carbocycles. The second-order valence-corrected chi connectivity index (χ2v) is 5.79. The van der Waals surface area contributed by atoms with E-state index >= 15 is 0 Å². The van der Waals surface area contributed by atoms with Crippen molar-refractivity contribution in [3.8, 4) is 0 Å². The van der Waals surface area contributed by atoms with Crippen molar-refractivity contribution in [2.75, 3.05) is 31.1 Å². The van der Waals surface area contributed by atoms with E-state index in [-0.39, 0.29) is 0 Å². The van der Waals surface area contributed by atoms with Gasteiger partial charge in [0.2, 0.25) is 5.95 Å². The van der Waals surface area contributed by atoms with Crippen molar-refractivity contribution in [3.63, 3.8) is 0 Å². The maximum Gasteiger partial charge on any atom is 0.226 e. The highest BCUT2D eigenvalue weighted by Gasteiger charge is 2.29. The summed E-state index contributed by atoms with van der Waals surface area (Å²) in [5.41, 5.74) is 0. The Hall–Kier alpha value is -0.880. The van der Waals surface area contributed by atoms with Crippen molar-refractivity contribution in [2.24, 2.45) is 0 Å². The van der Waals surface area contributed by atoms with Crippen LogP contribution in [0.4, 0.5) is 5.95 Å². The molecular formula is C13H25N5S. The molecule has 0 bridgehead atoms. The molecule has 0 saturated carbocycles. The zero-order valence-electron chi connectivity index (χ0n) is 12.4. The number of rotatable bonds is 5. The van der Waals surface area contributed by atoms with E-state index in [1.54, 1.807) is 0 Å². The van der Waals surface area contributed by atoms with Crippen LogP contribution in [-0.4, -0.2) is 51.9 Å². The number of anilines is 1. The average molecular weight is 283 g/mol. The monoisotopic (exact) mass is 283 g/mol. The number of H-pyrrole nitrogens is 1. The van der Waals surface area contributed by atoms with Gasteiger partial charge in [-0.2, -0.15) is 0 Å². The summed E-state index contributed by atoms with van der Waals surface area (Å²) in [4.78, 5) is 4.89. The molecule has 1 saturated heterocycles. The molecule has 2 rings (SSSR count). The van der Waals surface area contributed by atoms with Crippen molar-refractivity contribution in [2.45, 2.75) is 46.2 Å². The summed E-state index contributed by atoms with van der Waals surface area (Å²) >= 11 is 5.32. The molecule has 5 nitrogen and oxygen atoms in total. The third-order valence-corrected chi connectivity index (χ3v) is 4.27. The van der Waals surface area contributed by atoms with E-state index in [4.69, 9.17) is 12.2 Å². The van der Waals surface area contributed by atoms with Crippen molar-refractivity contribution < 1.29 is 0 Å². The van der Waals surface area contributed by atoms with E-state index < -0.39 is 0 Å². The molecular weight excluding hydrogens is 258 g/mol. The molecule has 1 aromatic heterocycles. The van der Waals surface area contributed by atoms with Crippen LogP contribution in [0.1, 0.15) is 40.2 Å². The number of aromatic nitrogens is 3. The quantitative estimate of drug-likeness (QED) is 0.843. The topological polar surface area (TPSA) is 40.1 Å². The van der Waals surface area contributed by atoms with Gasteiger partial charge in [-0.1, -0.05) is 13.8 Å². The molecule has 1 aliphatic rings. The van der Waals surface area contributed by atoms with Gasteiger partial charge in [-0.15, -0.1) is 5.10 Å². The van der Waals surface area contributed by atoms with Crippen LogP contribution in [-0.2, 0) is 0 Å². The molecule has 1 atom stereocenters. The van der Waals surface area contributed by atoms with Gasteiger partial charge in [-0.05, 0) is 45.6 Å². The first kappa shape index (κ1) is 14.5. The fourth-order valence-electron chi connectivity index (χ4n) is 2.95. The number of nitrogens with one attached hydrogen (secondary N) is 1. The Labute approximate surface area is 120 Å². The largest absolute Gasteiger partial charge is 0.339 e. The van der Waals surface area contributed by atoms with Gasteiger partial charge >= 0.3 is 0 Å². The van der Waals surface area contributed by atoms with E-state index in [9.17, 15) is 0 Å². The smallest absolute Gasteiger partial charge is 0.226 e. The van der Waals surface area contributed by atoms with E-state index in [1.165, 1.54) is 6.42 Å². The predicted molar refractivity (Wildman–Crippen MR) is 81.3 cm³/mol. The van der Waals surface area contributed by atoms with E-state index in [0.717, 1.165) is 36.9 Å². The molecule has 1 unspecified atom stereocenters. The Morgan fingerprint density at radius 1 is 1.42 bits per heavy atom. The SMILES string of the molecule is CCN(CC)C1CCN(c2n[nH]c(=S)n2C(C)C)C1. The lowest BCUT2D eigenvalue weighted by atomic mass is 10.2. The molecule has 2 heterocycles. The van der Waals surface area contributed by atoms with Crippen LogP contribution < -0.4 is 4.90 Å². The molecule has 0 amide bonds. The standard InChI is InChI=1S/C13H25N5S/c1-5-16(6-2)11-7-8-17(9-11)12-14-15-13(19)18(12)10(3)4/h10-11H,5-9H2,1-4H3,(H,15,19). The Bertz CT molecular complexity index is 460. The summed E-state index contributed by atoms with van der Waals surface area (Å²) in [6.45, 7) is 13.1. The van der Waals surface area contributed by atoms with Gasteiger partial charge in [0.1, 0.15) is 0 Å². The highest BCUT2D eigenvalue weighted by molar-refractivity contribution is 7.71. The summed E-state index contributed by atoms with van der Waals surface area (Å²) in [5, 5.41) is 7.35. The molecule has 1 N–H and O–H groups in total. The van der Waals surface area contributed by atoms with Crippen LogP contribution in [0.5, 0.6) is 0 Å². The Balaban J connectivity index is 2.15. The van der Waals surface area contributed by atoms with E-state index in [2.05, 4.69) is 52.3 Å². The third kappa shape index (κ3) is 2.84. The van der Waals surface area contributed by atoms with Gasteiger partial charge < -0.3 is 4.90 Å². The van der Waals surface area contributed by atoms with Gasteiger partial charge in [0.15, 0.2) is 4.77 Å². The maximum atomic E-state index is 5.32. The molecule has 1 aliphatic heterocycles. The molecule has 108 valence electrons. The minimum absolute atomic E-state index is 0.341. The van der Waals surface area contributed by atoms with Crippen LogP contribution in [0.3, 0.4) is 0 Å². The first-order chi connectivity index (χ1) is 9.08. The molecule has 6 heteroatoms. The lowest BCUT2D eigenvalue weighted by Gasteiger charge is -2.26. The molecule has 0 radical (unpaired) electrons. The summed E-state index contributed by atoms with van der Waals surface area (Å²) in [6, 6.07) is 0.981. The van der Waals surface area contributed by atoms with Gasteiger partial charge in [0.25, 0.3) is 0 Å². The molecule has 1 fully saturated rings. The zero-order chi connectivity index (χ0) is 14.0. The van der Waals surface area contributed by atoms with Crippen molar-refractivity contribution in [3.05, 3.63) is 4.77 Å². The van der Waals surface area contributed by atoms with Crippen LogP contribution in [0, 0.1) is 4.77 Å². The fourth-order valence-corrected chi connectivity index (χ4v) is 3.28. The van der Waals surface area contributed by atoms with E-state index in [1.807, 2.05) is 0 Å². The van der Waals surface area contributed by atoms with Crippen LogP contribution in [0.15, 0.2) is 0 Å². The maximum absolute atomic E-state index is 5.32.